The van der Waals surface area contributed by atoms with E-state index in [9.17, 15) is 9.59 Å². The van der Waals surface area contributed by atoms with Gasteiger partial charge in [0.1, 0.15) is 5.54 Å². The minimum Gasteiger partial charge on any atom is -0.444 e. The summed E-state index contributed by atoms with van der Waals surface area (Å²) in [7, 11) is 0. The Morgan fingerprint density at radius 1 is 1.53 bits per heavy atom. The fourth-order valence-corrected chi connectivity index (χ4v) is 2.12. The molecule has 1 aliphatic heterocycles. The Balaban J connectivity index is 2.27. The summed E-state index contributed by atoms with van der Waals surface area (Å²) in [5.74, 6) is -0.182. The van der Waals surface area contributed by atoms with Crippen molar-refractivity contribution in [2.75, 3.05) is 13.1 Å². The van der Waals surface area contributed by atoms with Crippen molar-refractivity contribution < 1.29 is 14.0 Å². The maximum Gasteiger partial charge on any atom is 0.290 e. The molecule has 5 nitrogen and oxygen atoms in total. The number of nitrogens with one attached hydrogen (secondary N) is 1. The zero-order chi connectivity index (χ0) is 12.6. The predicted octanol–water partition coefficient (Wildman–Crippen LogP) is 1.39. The fraction of sp³-hybridized carbons (Fsp3) is 0.455. The molecule has 1 saturated heterocycles. The van der Waals surface area contributed by atoms with Crippen LogP contribution in [0.2, 0.25) is 0 Å². The van der Waals surface area contributed by atoms with E-state index in [1.807, 2.05) is 0 Å². The van der Waals surface area contributed by atoms with Crippen molar-refractivity contribution in [1.29, 1.82) is 0 Å². The number of hydrogen-bond acceptors (Lipinski definition) is 3. The van der Waals surface area contributed by atoms with E-state index in [2.05, 4.69) is 21.2 Å². The molecule has 0 atom stereocenters. The molecule has 0 spiro atoms. The Hall–Kier alpha value is -1.30. The molecule has 2 heterocycles. The van der Waals surface area contributed by atoms with E-state index in [0.717, 1.165) is 0 Å². The van der Waals surface area contributed by atoms with Gasteiger partial charge in [-0.15, -0.1) is 0 Å². The number of carbonyl (C=O) groups excluding carboxylic acids is 2. The van der Waals surface area contributed by atoms with Crippen LogP contribution in [0.4, 0.5) is 0 Å². The van der Waals surface area contributed by atoms with Crippen LogP contribution in [0.25, 0.3) is 0 Å². The Morgan fingerprint density at radius 2 is 2.24 bits per heavy atom. The van der Waals surface area contributed by atoms with Crippen molar-refractivity contribution in [2.24, 2.45) is 0 Å². The summed E-state index contributed by atoms with van der Waals surface area (Å²) in [4.78, 5) is 25.5. The van der Waals surface area contributed by atoms with Crippen LogP contribution in [-0.2, 0) is 4.79 Å². The van der Waals surface area contributed by atoms with Gasteiger partial charge in [0.2, 0.25) is 5.91 Å². The smallest absolute Gasteiger partial charge is 0.290 e. The lowest BCUT2D eigenvalue weighted by atomic mass is 9.98. The Bertz CT molecular complexity index is 467. The molecule has 6 heteroatoms. The third-order valence-electron chi connectivity index (χ3n) is 2.88. The van der Waals surface area contributed by atoms with Gasteiger partial charge in [-0.1, -0.05) is 0 Å². The highest BCUT2D eigenvalue weighted by Gasteiger charge is 2.41. The van der Waals surface area contributed by atoms with E-state index in [4.69, 9.17) is 4.42 Å². The summed E-state index contributed by atoms with van der Waals surface area (Å²) in [6.07, 6.45) is 0. The minimum atomic E-state index is -0.853. The van der Waals surface area contributed by atoms with Crippen molar-refractivity contribution in [3.63, 3.8) is 0 Å². The van der Waals surface area contributed by atoms with Crippen LogP contribution in [0.15, 0.2) is 21.2 Å². The quantitative estimate of drug-likeness (QED) is 0.852. The highest BCUT2D eigenvalue weighted by Crippen LogP contribution is 2.22. The van der Waals surface area contributed by atoms with Crippen LogP contribution in [-0.4, -0.2) is 35.3 Å². The number of nitrogens with zero attached hydrogens (tertiary/aromatic N) is 1. The zero-order valence-electron chi connectivity index (χ0n) is 9.62. The van der Waals surface area contributed by atoms with Crippen molar-refractivity contribution in [1.82, 2.24) is 10.2 Å². The van der Waals surface area contributed by atoms with E-state index < -0.39 is 5.54 Å². The molecular formula is C11H13BrN2O3. The van der Waals surface area contributed by atoms with Gasteiger partial charge in [-0.25, -0.2) is 0 Å². The fourth-order valence-electron chi connectivity index (χ4n) is 1.82. The second kappa shape index (κ2) is 4.18. The van der Waals surface area contributed by atoms with Gasteiger partial charge in [0.25, 0.3) is 5.91 Å². The van der Waals surface area contributed by atoms with Gasteiger partial charge in [-0.2, -0.15) is 0 Å². The molecule has 0 unspecified atom stereocenters. The molecular weight excluding hydrogens is 288 g/mol. The highest BCUT2D eigenvalue weighted by atomic mass is 79.9. The van der Waals surface area contributed by atoms with Gasteiger partial charge in [-0.05, 0) is 41.9 Å². The summed E-state index contributed by atoms with van der Waals surface area (Å²) in [5.41, 5.74) is -0.853. The second-order valence-corrected chi connectivity index (χ2v) is 5.16. The molecule has 0 saturated carbocycles. The summed E-state index contributed by atoms with van der Waals surface area (Å²) in [6, 6.07) is 3.25. The number of carbonyl (C=O) groups is 2. The first-order chi connectivity index (χ1) is 7.93. The van der Waals surface area contributed by atoms with Gasteiger partial charge in [-0.3, -0.25) is 9.59 Å². The van der Waals surface area contributed by atoms with Gasteiger partial charge in [0.05, 0.1) is 0 Å². The monoisotopic (exact) mass is 300 g/mol. The number of amides is 2. The van der Waals surface area contributed by atoms with E-state index in [1.165, 1.54) is 4.90 Å². The first kappa shape index (κ1) is 12.2. The van der Waals surface area contributed by atoms with Crippen LogP contribution in [0, 0.1) is 0 Å². The predicted molar refractivity (Wildman–Crippen MR) is 64.5 cm³/mol. The van der Waals surface area contributed by atoms with Gasteiger partial charge in [0, 0.05) is 13.1 Å². The molecule has 1 aromatic heterocycles. The normalized spacial score (nSPS) is 19.0. The summed E-state index contributed by atoms with van der Waals surface area (Å²) in [5, 5.41) is 2.74. The largest absolute Gasteiger partial charge is 0.444 e. The lowest BCUT2D eigenvalue weighted by Crippen LogP contribution is -2.63. The molecule has 1 fully saturated rings. The maximum absolute atomic E-state index is 12.2. The molecule has 0 radical (unpaired) electrons. The molecule has 1 aromatic rings. The van der Waals surface area contributed by atoms with Crippen LogP contribution < -0.4 is 5.32 Å². The SMILES string of the molecule is CC1(C)C(=O)NCCN1C(=O)c1ccc(Br)o1. The number of rotatable bonds is 1. The Morgan fingerprint density at radius 3 is 2.82 bits per heavy atom. The van der Waals surface area contributed by atoms with E-state index in [0.29, 0.717) is 17.8 Å². The summed E-state index contributed by atoms with van der Waals surface area (Å²) >= 11 is 3.15. The number of hydrogen-bond donors (Lipinski definition) is 1. The first-order valence-electron chi connectivity index (χ1n) is 5.28. The molecule has 0 bridgehead atoms. The average Bonchev–Trinajstić information content (AvgIpc) is 2.68. The first-order valence-corrected chi connectivity index (χ1v) is 6.08. The standard InChI is InChI=1S/C11H13BrN2O3/c1-11(2)10(16)13-5-6-14(11)9(15)7-3-4-8(12)17-7/h3-4H,5-6H2,1-2H3,(H,13,16). The average molecular weight is 301 g/mol. The molecule has 0 aliphatic carbocycles. The molecule has 92 valence electrons. The van der Waals surface area contributed by atoms with Gasteiger partial charge in [0.15, 0.2) is 10.4 Å². The summed E-state index contributed by atoms with van der Waals surface area (Å²) < 4.78 is 5.72. The third-order valence-corrected chi connectivity index (χ3v) is 3.31. The molecule has 2 amide bonds. The highest BCUT2D eigenvalue weighted by molar-refractivity contribution is 9.10. The van der Waals surface area contributed by atoms with Crippen molar-refractivity contribution in [3.8, 4) is 0 Å². The van der Waals surface area contributed by atoms with E-state index in [-0.39, 0.29) is 17.6 Å². The van der Waals surface area contributed by atoms with Gasteiger partial charge >= 0.3 is 0 Å². The zero-order valence-corrected chi connectivity index (χ0v) is 11.2. The minimum absolute atomic E-state index is 0.150. The van der Waals surface area contributed by atoms with Crippen LogP contribution in [0.3, 0.4) is 0 Å². The van der Waals surface area contributed by atoms with Crippen molar-refractivity contribution in [2.45, 2.75) is 19.4 Å². The van der Waals surface area contributed by atoms with Gasteiger partial charge < -0.3 is 14.6 Å². The summed E-state index contributed by atoms with van der Waals surface area (Å²) in [6.45, 7) is 4.39. The Labute approximate surface area is 107 Å². The molecule has 0 aromatic carbocycles. The molecule has 2 rings (SSSR count). The third kappa shape index (κ3) is 2.09. The molecule has 1 N–H and O–H groups in total. The van der Waals surface area contributed by atoms with E-state index >= 15 is 0 Å². The van der Waals surface area contributed by atoms with Crippen LogP contribution >= 0.6 is 15.9 Å². The number of furan rings is 1. The lowest BCUT2D eigenvalue weighted by molar-refractivity contribution is -0.133. The topological polar surface area (TPSA) is 62.6 Å². The van der Waals surface area contributed by atoms with Crippen molar-refractivity contribution in [3.05, 3.63) is 22.6 Å². The van der Waals surface area contributed by atoms with E-state index in [1.54, 1.807) is 26.0 Å². The Kier molecular flexibility index (Phi) is 2.99. The number of halogens is 1. The number of piperazine rings is 1. The van der Waals surface area contributed by atoms with Crippen LogP contribution in [0.1, 0.15) is 24.4 Å². The second-order valence-electron chi connectivity index (χ2n) is 4.38. The lowest BCUT2D eigenvalue weighted by Gasteiger charge is -2.40. The van der Waals surface area contributed by atoms with Crippen LogP contribution in [0.5, 0.6) is 0 Å². The molecule has 1 aliphatic rings. The molecule has 17 heavy (non-hydrogen) atoms. The maximum atomic E-state index is 12.2. The van der Waals surface area contributed by atoms with Crippen molar-refractivity contribution >= 4 is 27.7 Å².